The summed E-state index contributed by atoms with van der Waals surface area (Å²) in [6.07, 6.45) is -0.0480. The Morgan fingerprint density at radius 2 is 2.50 bits per heavy atom. The molecular formula is C10H13ClN2O2S. The van der Waals surface area contributed by atoms with Crippen molar-refractivity contribution in [2.24, 2.45) is 5.73 Å². The van der Waals surface area contributed by atoms with Crippen LogP contribution in [-0.2, 0) is 4.74 Å². The van der Waals surface area contributed by atoms with Crippen molar-refractivity contribution in [1.82, 2.24) is 4.90 Å². The van der Waals surface area contributed by atoms with E-state index in [2.05, 4.69) is 0 Å². The number of nitrogens with zero attached hydrogens (tertiary/aromatic N) is 1. The first-order chi connectivity index (χ1) is 7.70. The Morgan fingerprint density at radius 3 is 3.12 bits per heavy atom. The van der Waals surface area contributed by atoms with Crippen LogP contribution in [0.2, 0.25) is 4.34 Å². The molecule has 16 heavy (non-hydrogen) atoms. The first-order valence-corrected chi connectivity index (χ1v) is 6.26. The van der Waals surface area contributed by atoms with Crippen LogP contribution in [0.1, 0.15) is 9.67 Å². The lowest BCUT2D eigenvalue weighted by Crippen LogP contribution is -2.47. The van der Waals surface area contributed by atoms with Gasteiger partial charge in [-0.15, -0.1) is 11.3 Å². The third kappa shape index (κ3) is 2.55. The minimum absolute atomic E-state index is 0.0126. The standard InChI is InChI=1S/C10H13ClN2O2S/c11-9-2-1-8(16-9)10(14)13-3-4-15-7(5-12)6-13/h1-2,7H,3-6,12H2. The molecule has 0 radical (unpaired) electrons. The second kappa shape index (κ2) is 5.14. The van der Waals surface area contributed by atoms with Crippen molar-refractivity contribution in [1.29, 1.82) is 0 Å². The minimum atomic E-state index is -0.0480. The van der Waals surface area contributed by atoms with Crippen molar-refractivity contribution in [3.8, 4) is 0 Å². The van der Waals surface area contributed by atoms with Crippen LogP contribution in [0.3, 0.4) is 0 Å². The summed E-state index contributed by atoms with van der Waals surface area (Å²) in [6.45, 7) is 2.16. The van der Waals surface area contributed by atoms with Gasteiger partial charge in [-0.05, 0) is 12.1 Å². The van der Waals surface area contributed by atoms with Crippen LogP contribution in [0.4, 0.5) is 0 Å². The molecule has 1 aliphatic rings. The number of nitrogens with two attached hydrogens (primary N) is 1. The monoisotopic (exact) mass is 260 g/mol. The zero-order valence-electron chi connectivity index (χ0n) is 8.69. The molecule has 1 amide bonds. The fourth-order valence-electron chi connectivity index (χ4n) is 1.63. The van der Waals surface area contributed by atoms with Gasteiger partial charge in [-0.1, -0.05) is 11.6 Å². The normalized spacial score (nSPS) is 21.1. The number of morpholine rings is 1. The summed E-state index contributed by atoms with van der Waals surface area (Å²) in [5, 5.41) is 0. The molecule has 2 heterocycles. The number of hydrogen-bond acceptors (Lipinski definition) is 4. The van der Waals surface area contributed by atoms with Crippen molar-refractivity contribution < 1.29 is 9.53 Å². The van der Waals surface area contributed by atoms with Crippen molar-refractivity contribution in [2.45, 2.75) is 6.10 Å². The number of amides is 1. The molecule has 0 aromatic carbocycles. The van der Waals surface area contributed by atoms with Gasteiger partial charge in [0.15, 0.2) is 0 Å². The third-order valence-electron chi connectivity index (χ3n) is 2.47. The lowest BCUT2D eigenvalue weighted by atomic mass is 10.2. The smallest absolute Gasteiger partial charge is 0.264 e. The van der Waals surface area contributed by atoms with Crippen LogP contribution in [0.25, 0.3) is 0 Å². The van der Waals surface area contributed by atoms with Gasteiger partial charge in [0.1, 0.15) is 0 Å². The molecular weight excluding hydrogens is 248 g/mol. The zero-order valence-corrected chi connectivity index (χ0v) is 10.3. The molecule has 0 spiro atoms. The molecule has 88 valence electrons. The number of carbonyl (C=O) groups is 1. The number of hydrogen-bond donors (Lipinski definition) is 1. The summed E-state index contributed by atoms with van der Waals surface area (Å²) >= 11 is 7.10. The summed E-state index contributed by atoms with van der Waals surface area (Å²) in [5.41, 5.74) is 5.53. The van der Waals surface area contributed by atoms with E-state index in [9.17, 15) is 4.79 Å². The van der Waals surface area contributed by atoms with Crippen LogP contribution >= 0.6 is 22.9 Å². The fourth-order valence-corrected chi connectivity index (χ4v) is 2.64. The third-order valence-corrected chi connectivity index (χ3v) is 3.69. The van der Waals surface area contributed by atoms with Crippen molar-refractivity contribution >= 4 is 28.8 Å². The molecule has 4 nitrogen and oxygen atoms in total. The van der Waals surface area contributed by atoms with Gasteiger partial charge in [-0.25, -0.2) is 0 Å². The fraction of sp³-hybridized carbons (Fsp3) is 0.500. The van der Waals surface area contributed by atoms with Gasteiger partial charge >= 0.3 is 0 Å². The van der Waals surface area contributed by atoms with Gasteiger partial charge in [0.2, 0.25) is 0 Å². The van der Waals surface area contributed by atoms with Crippen LogP contribution in [0, 0.1) is 0 Å². The van der Waals surface area contributed by atoms with Gasteiger partial charge in [-0.2, -0.15) is 0 Å². The highest BCUT2D eigenvalue weighted by atomic mass is 35.5. The first-order valence-electron chi connectivity index (χ1n) is 5.07. The van der Waals surface area contributed by atoms with Crippen LogP contribution in [0.5, 0.6) is 0 Å². The SMILES string of the molecule is NCC1CN(C(=O)c2ccc(Cl)s2)CCO1. The molecule has 1 fully saturated rings. The predicted octanol–water partition coefficient (Wildman–Crippen LogP) is 1.20. The average Bonchev–Trinajstić information content (AvgIpc) is 2.75. The highest BCUT2D eigenvalue weighted by molar-refractivity contribution is 7.17. The van der Waals surface area contributed by atoms with E-state index in [1.165, 1.54) is 11.3 Å². The van der Waals surface area contributed by atoms with Gasteiger partial charge in [0.05, 0.1) is 21.9 Å². The molecule has 1 aromatic heterocycles. The number of halogens is 1. The molecule has 0 saturated carbocycles. The number of ether oxygens (including phenoxy) is 1. The molecule has 1 aliphatic heterocycles. The molecule has 2 N–H and O–H groups in total. The van der Waals surface area contributed by atoms with Gasteiger partial charge < -0.3 is 15.4 Å². The predicted molar refractivity (Wildman–Crippen MR) is 64.0 cm³/mol. The maximum atomic E-state index is 12.1. The average molecular weight is 261 g/mol. The number of thiophene rings is 1. The Balaban J connectivity index is 2.04. The summed E-state index contributed by atoms with van der Waals surface area (Å²) in [4.78, 5) is 14.5. The topological polar surface area (TPSA) is 55.6 Å². The summed E-state index contributed by atoms with van der Waals surface area (Å²) in [6, 6.07) is 3.49. The zero-order chi connectivity index (χ0) is 11.5. The summed E-state index contributed by atoms with van der Waals surface area (Å²) < 4.78 is 6.04. The van der Waals surface area contributed by atoms with Crippen LogP contribution < -0.4 is 5.73 Å². The highest BCUT2D eigenvalue weighted by Crippen LogP contribution is 2.23. The Labute approximate surface area is 103 Å². The maximum absolute atomic E-state index is 12.1. The molecule has 1 atom stereocenters. The maximum Gasteiger partial charge on any atom is 0.264 e. The van der Waals surface area contributed by atoms with E-state index in [0.29, 0.717) is 35.5 Å². The van der Waals surface area contributed by atoms with Crippen molar-refractivity contribution in [3.63, 3.8) is 0 Å². The number of rotatable bonds is 2. The lowest BCUT2D eigenvalue weighted by molar-refractivity contribution is -0.0165. The van der Waals surface area contributed by atoms with E-state index in [-0.39, 0.29) is 12.0 Å². The molecule has 6 heteroatoms. The van der Waals surface area contributed by atoms with Crippen LogP contribution in [0.15, 0.2) is 12.1 Å². The van der Waals surface area contributed by atoms with E-state index < -0.39 is 0 Å². The van der Waals surface area contributed by atoms with E-state index >= 15 is 0 Å². The van der Waals surface area contributed by atoms with Gasteiger partial charge in [0.25, 0.3) is 5.91 Å². The van der Waals surface area contributed by atoms with E-state index in [4.69, 9.17) is 22.1 Å². The minimum Gasteiger partial charge on any atom is -0.373 e. The first kappa shape index (κ1) is 11.9. The van der Waals surface area contributed by atoms with E-state index in [1.54, 1.807) is 17.0 Å². The Hall–Kier alpha value is -0.620. The van der Waals surface area contributed by atoms with E-state index in [1.807, 2.05) is 0 Å². The Bertz CT molecular complexity index is 383. The summed E-state index contributed by atoms with van der Waals surface area (Å²) in [7, 11) is 0. The highest BCUT2D eigenvalue weighted by Gasteiger charge is 2.24. The van der Waals surface area contributed by atoms with Crippen molar-refractivity contribution in [3.05, 3.63) is 21.3 Å². The van der Waals surface area contributed by atoms with Crippen molar-refractivity contribution in [2.75, 3.05) is 26.2 Å². The summed E-state index contributed by atoms with van der Waals surface area (Å²) in [5.74, 6) is 0.0126. The van der Waals surface area contributed by atoms with Gasteiger partial charge in [0, 0.05) is 19.6 Å². The molecule has 0 bridgehead atoms. The second-order valence-electron chi connectivity index (χ2n) is 3.58. The molecule has 1 aromatic rings. The molecule has 1 unspecified atom stereocenters. The quantitative estimate of drug-likeness (QED) is 0.869. The largest absolute Gasteiger partial charge is 0.373 e. The lowest BCUT2D eigenvalue weighted by Gasteiger charge is -2.32. The molecule has 0 aliphatic carbocycles. The molecule has 1 saturated heterocycles. The second-order valence-corrected chi connectivity index (χ2v) is 5.30. The Kier molecular flexibility index (Phi) is 3.81. The molecule has 2 rings (SSSR count). The van der Waals surface area contributed by atoms with E-state index in [0.717, 1.165) is 0 Å². The van der Waals surface area contributed by atoms with Crippen LogP contribution in [-0.4, -0.2) is 43.2 Å². The van der Waals surface area contributed by atoms with Gasteiger partial charge in [-0.3, -0.25) is 4.79 Å². The Morgan fingerprint density at radius 1 is 1.69 bits per heavy atom. The number of carbonyl (C=O) groups excluding carboxylic acids is 1.